The maximum absolute atomic E-state index is 13.4. The van der Waals surface area contributed by atoms with Crippen molar-refractivity contribution in [2.75, 3.05) is 11.9 Å². The van der Waals surface area contributed by atoms with Crippen molar-refractivity contribution in [2.24, 2.45) is 7.05 Å². The molecule has 0 bridgehead atoms. The Balaban J connectivity index is 1.74. The van der Waals surface area contributed by atoms with Gasteiger partial charge in [-0.15, -0.1) is 0 Å². The molecule has 2 aromatic carbocycles. The van der Waals surface area contributed by atoms with E-state index in [1.165, 1.54) is 17.0 Å². The zero-order chi connectivity index (χ0) is 25.6. The van der Waals surface area contributed by atoms with E-state index in [0.717, 1.165) is 23.4 Å². The molecule has 1 N–H and O–H groups in total. The summed E-state index contributed by atoms with van der Waals surface area (Å²) in [6.07, 6.45) is -2.56. The predicted molar refractivity (Wildman–Crippen MR) is 128 cm³/mol. The number of nitrogens with one attached hydrogen (secondary N) is 1. The van der Waals surface area contributed by atoms with Crippen LogP contribution in [-0.2, 0) is 31.1 Å². The fourth-order valence-corrected chi connectivity index (χ4v) is 3.56. The van der Waals surface area contributed by atoms with E-state index < -0.39 is 17.8 Å². The molecule has 0 fully saturated rings. The Morgan fingerprint density at radius 2 is 1.60 bits per heavy atom. The Kier molecular flexibility index (Phi) is 8.22. The van der Waals surface area contributed by atoms with Gasteiger partial charge in [0.1, 0.15) is 6.54 Å². The van der Waals surface area contributed by atoms with Crippen molar-refractivity contribution in [1.82, 2.24) is 14.4 Å². The van der Waals surface area contributed by atoms with Crippen molar-refractivity contribution < 1.29 is 22.8 Å². The quantitative estimate of drug-likeness (QED) is 0.456. The number of aromatic nitrogens is 1. The zero-order valence-corrected chi connectivity index (χ0v) is 19.9. The van der Waals surface area contributed by atoms with Crippen molar-refractivity contribution in [3.05, 3.63) is 89.7 Å². The van der Waals surface area contributed by atoms with Crippen molar-refractivity contribution in [2.45, 2.75) is 39.2 Å². The number of hydrogen-bond donors (Lipinski definition) is 1. The number of rotatable bonds is 8. The summed E-state index contributed by atoms with van der Waals surface area (Å²) in [7, 11) is 1.90. The summed E-state index contributed by atoms with van der Waals surface area (Å²) in [6, 6.07) is 16.7. The number of amides is 3. The van der Waals surface area contributed by atoms with Crippen molar-refractivity contribution in [3.8, 4) is 0 Å². The van der Waals surface area contributed by atoms with E-state index in [4.69, 9.17) is 0 Å². The first-order valence-electron chi connectivity index (χ1n) is 11.2. The number of carbonyl (C=O) groups excluding carboxylic acids is 2. The number of hydrogen-bond acceptors (Lipinski definition) is 2. The lowest BCUT2D eigenvalue weighted by atomic mass is 10.2. The number of urea groups is 1. The largest absolute Gasteiger partial charge is 0.416 e. The molecule has 0 aliphatic heterocycles. The molecule has 9 heteroatoms. The van der Waals surface area contributed by atoms with E-state index in [2.05, 4.69) is 5.32 Å². The van der Waals surface area contributed by atoms with Gasteiger partial charge < -0.3 is 19.7 Å². The first-order chi connectivity index (χ1) is 16.5. The smallest absolute Gasteiger partial charge is 0.353 e. The fourth-order valence-electron chi connectivity index (χ4n) is 3.56. The first-order valence-corrected chi connectivity index (χ1v) is 11.2. The predicted octanol–water partition coefficient (Wildman–Crippen LogP) is 5.52. The van der Waals surface area contributed by atoms with Gasteiger partial charge in [0, 0.05) is 37.2 Å². The molecule has 186 valence electrons. The lowest BCUT2D eigenvalue weighted by Gasteiger charge is -2.30. The number of anilines is 1. The summed E-state index contributed by atoms with van der Waals surface area (Å²) in [5.74, 6) is -0.244. The molecular formula is C26H29F3N4O2. The molecule has 3 aromatic rings. The van der Waals surface area contributed by atoms with Gasteiger partial charge >= 0.3 is 12.2 Å². The Bertz CT molecular complexity index is 1130. The van der Waals surface area contributed by atoms with Gasteiger partial charge in [-0.25, -0.2) is 4.79 Å². The molecule has 35 heavy (non-hydrogen) atoms. The maximum Gasteiger partial charge on any atom is 0.416 e. The summed E-state index contributed by atoms with van der Waals surface area (Å²) in [5.41, 5.74) is 1.31. The molecular weight excluding hydrogens is 457 g/mol. The van der Waals surface area contributed by atoms with Crippen LogP contribution >= 0.6 is 0 Å². The van der Waals surface area contributed by atoms with Crippen LogP contribution in [-0.4, -0.2) is 38.9 Å². The number of benzene rings is 2. The molecule has 1 aromatic heterocycles. The summed E-state index contributed by atoms with van der Waals surface area (Å²) in [5, 5.41) is 2.60. The zero-order valence-electron chi connectivity index (χ0n) is 19.9. The van der Waals surface area contributed by atoms with Crippen molar-refractivity contribution >= 4 is 17.6 Å². The summed E-state index contributed by atoms with van der Waals surface area (Å²) < 4.78 is 40.4. The van der Waals surface area contributed by atoms with Crippen LogP contribution < -0.4 is 5.32 Å². The lowest BCUT2D eigenvalue weighted by Crippen LogP contribution is -2.47. The Morgan fingerprint density at radius 1 is 0.943 bits per heavy atom. The fraction of sp³-hybridized carbons (Fsp3) is 0.308. The van der Waals surface area contributed by atoms with Crippen molar-refractivity contribution in [3.63, 3.8) is 0 Å². The molecule has 0 unspecified atom stereocenters. The average molecular weight is 487 g/mol. The van der Waals surface area contributed by atoms with Gasteiger partial charge in [0.25, 0.3) is 0 Å². The standard InChI is InChI=1S/C26H29F3N4O2/c1-19(2)33(25(35)30-22-13-11-21(12-14-22)26(27,28)29)18-24(34)32(16-20-8-5-4-6-9-20)17-23-10-7-15-31(23)3/h4-15,19H,16-18H2,1-3H3,(H,30,35). The maximum atomic E-state index is 13.4. The number of halogens is 3. The van der Waals surface area contributed by atoms with Crippen LogP contribution in [0.1, 0.15) is 30.7 Å². The second kappa shape index (κ2) is 11.1. The summed E-state index contributed by atoms with van der Waals surface area (Å²) >= 11 is 0. The molecule has 3 amide bonds. The summed E-state index contributed by atoms with van der Waals surface area (Å²) in [4.78, 5) is 29.4. The molecule has 1 heterocycles. The molecule has 0 atom stereocenters. The van der Waals surface area contributed by atoms with Crippen LogP contribution in [0.3, 0.4) is 0 Å². The van der Waals surface area contributed by atoms with Gasteiger partial charge in [-0.05, 0) is 55.8 Å². The molecule has 0 radical (unpaired) electrons. The van der Waals surface area contributed by atoms with Crippen molar-refractivity contribution in [1.29, 1.82) is 0 Å². The molecule has 0 aliphatic carbocycles. The Morgan fingerprint density at radius 3 is 2.14 bits per heavy atom. The van der Waals surface area contributed by atoms with Crippen LogP contribution in [0.5, 0.6) is 0 Å². The highest BCUT2D eigenvalue weighted by atomic mass is 19.4. The van der Waals surface area contributed by atoms with E-state index in [1.807, 2.05) is 60.3 Å². The second-order valence-electron chi connectivity index (χ2n) is 8.57. The number of alkyl halides is 3. The second-order valence-corrected chi connectivity index (χ2v) is 8.57. The monoisotopic (exact) mass is 486 g/mol. The topological polar surface area (TPSA) is 57.6 Å². The highest BCUT2D eigenvalue weighted by molar-refractivity contribution is 5.92. The van der Waals surface area contributed by atoms with E-state index in [-0.39, 0.29) is 24.2 Å². The Labute approximate surface area is 203 Å². The van der Waals surface area contributed by atoms with Gasteiger partial charge in [-0.1, -0.05) is 30.3 Å². The molecule has 0 spiro atoms. The number of nitrogens with zero attached hydrogens (tertiary/aromatic N) is 3. The lowest BCUT2D eigenvalue weighted by molar-refractivity contribution is -0.137. The molecule has 3 rings (SSSR count). The SMILES string of the molecule is CC(C)N(CC(=O)N(Cc1ccccc1)Cc1cccn1C)C(=O)Nc1ccc(C(F)(F)F)cc1. The molecule has 0 saturated carbocycles. The average Bonchev–Trinajstić information content (AvgIpc) is 3.21. The third kappa shape index (κ3) is 7.11. The molecule has 0 saturated heterocycles. The third-order valence-corrected chi connectivity index (χ3v) is 5.63. The van der Waals surface area contributed by atoms with Crippen LogP contribution in [0.2, 0.25) is 0 Å². The van der Waals surface area contributed by atoms with Gasteiger partial charge in [0.2, 0.25) is 5.91 Å². The van der Waals surface area contributed by atoms with E-state index in [1.54, 1.807) is 18.7 Å². The first kappa shape index (κ1) is 25.9. The Hall–Kier alpha value is -3.75. The van der Waals surface area contributed by atoms with Crippen LogP contribution in [0.25, 0.3) is 0 Å². The van der Waals surface area contributed by atoms with Gasteiger partial charge in [0.05, 0.1) is 12.1 Å². The van der Waals surface area contributed by atoms with E-state index in [9.17, 15) is 22.8 Å². The molecule has 0 aliphatic rings. The number of carbonyl (C=O) groups is 2. The number of aryl methyl sites for hydroxylation is 1. The van der Waals surface area contributed by atoms with E-state index >= 15 is 0 Å². The van der Waals surface area contributed by atoms with Gasteiger partial charge in [-0.2, -0.15) is 13.2 Å². The third-order valence-electron chi connectivity index (χ3n) is 5.63. The minimum absolute atomic E-state index is 0.179. The van der Waals surface area contributed by atoms with Crippen LogP contribution in [0.15, 0.2) is 72.9 Å². The highest BCUT2D eigenvalue weighted by Crippen LogP contribution is 2.29. The minimum Gasteiger partial charge on any atom is -0.353 e. The summed E-state index contributed by atoms with van der Waals surface area (Å²) in [6.45, 7) is 4.11. The normalized spacial score (nSPS) is 11.4. The minimum atomic E-state index is -4.46. The highest BCUT2D eigenvalue weighted by Gasteiger charge is 2.30. The van der Waals surface area contributed by atoms with E-state index in [0.29, 0.717) is 13.1 Å². The molecule has 6 nitrogen and oxygen atoms in total. The van der Waals surface area contributed by atoms with Crippen LogP contribution in [0, 0.1) is 0 Å². The van der Waals surface area contributed by atoms with Gasteiger partial charge in [-0.3, -0.25) is 4.79 Å². The van der Waals surface area contributed by atoms with Gasteiger partial charge in [0.15, 0.2) is 0 Å². The van der Waals surface area contributed by atoms with Crippen LogP contribution in [0.4, 0.5) is 23.7 Å².